The smallest absolute Gasteiger partial charge is 0.0617 e. The molecule has 2 nitrogen and oxygen atoms in total. The van der Waals surface area contributed by atoms with Gasteiger partial charge in [-0.25, -0.2) is 0 Å². The Morgan fingerprint density at radius 1 is 1.33 bits per heavy atom. The molecule has 52 valence electrons. The average molecular weight is 127 g/mol. The summed E-state index contributed by atoms with van der Waals surface area (Å²) >= 11 is 0. The molecule has 0 aromatic heterocycles. The van der Waals surface area contributed by atoms with Gasteiger partial charge in [0.2, 0.25) is 0 Å². The monoisotopic (exact) mass is 127 g/mol. The molecule has 2 heteroatoms. The minimum Gasteiger partial charge on any atom is -0.381 e. The number of rotatable bonds is 1. The summed E-state index contributed by atoms with van der Waals surface area (Å²) < 4.78 is 5.26. The van der Waals surface area contributed by atoms with Crippen molar-refractivity contribution >= 4 is 0 Å². The van der Waals surface area contributed by atoms with E-state index < -0.39 is 0 Å². The predicted molar refractivity (Wildman–Crippen MR) is 35.0 cm³/mol. The fourth-order valence-corrected chi connectivity index (χ4v) is 2.04. The van der Waals surface area contributed by atoms with E-state index in [9.17, 15) is 0 Å². The first-order valence-corrected chi connectivity index (χ1v) is 3.61. The normalized spacial score (nSPS) is 55.3. The van der Waals surface area contributed by atoms with Crippen LogP contribution in [0.25, 0.3) is 0 Å². The minimum atomic E-state index is 0.444. The van der Waals surface area contributed by atoms with E-state index in [4.69, 9.17) is 10.5 Å². The van der Waals surface area contributed by atoms with Crippen LogP contribution in [-0.2, 0) is 4.74 Å². The van der Waals surface area contributed by atoms with Gasteiger partial charge in [-0.15, -0.1) is 0 Å². The third kappa shape index (κ3) is 0.700. The highest BCUT2D eigenvalue weighted by molar-refractivity contribution is 5.05. The van der Waals surface area contributed by atoms with Crippen LogP contribution in [0.15, 0.2) is 0 Å². The third-order valence-electron chi connectivity index (χ3n) is 2.73. The van der Waals surface area contributed by atoms with Crippen molar-refractivity contribution in [2.45, 2.75) is 25.0 Å². The van der Waals surface area contributed by atoms with Crippen LogP contribution in [0.4, 0.5) is 0 Å². The zero-order chi connectivity index (χ0) is 6.43. The Morgan fingerprint density at radius 2 is 2.11 bits per heavy atom. The summed E-state index contributed by atoms with van der Waals surface area (Å²) in [6.07, 6.45) is 2.90. The van der Waals surface area contributed by atoms with E-state index in [-0.39, 0.29) is 0 Å². The Bertz CT molecular complexity index is 126. The van der Waals surface area contributed by atoms with Crippen molar-refractivity contribution < 1.29 is 4.74 Å². The van der Waals surface area contributed by atoms with Crippen molar-refractivity contribution in [1.29, 1.82) is 0 Å². The zero-order valence-corrected chi connectivity index (χ0v) is 5.71. The van der Waals surface area contributed by atoms with E-state index >= 15 is 0 Å². The van der Waals surface area contributed by atoms with Crippen molar-refractivity contribution in [3.05, 3.63) is 0 Å². The number of hydrogen-bond donors (Lipinski definition) is 1. The van der Waals surface area contributed by atoms with Gasteiger partial charge in [-0.05, 0) is 24.7 Å². The van der Waals surface area contributed by atoms with Crippen LogP contribution in [0.1, 0.15) is 12.8 Å². The lowest BCUT2D eigenvalue weighted by atomic mass is 10.2. The Morgan fingerprint density at radius 3 is 2.33 bits per heavy atom. The molecule has 9 heavy (non-hydrogen) atoms. The molecule has 0 aliphatic heterocycles. The molecule has 0 aromatic rings. The van der Waals surface area contributed by atoms with E-state index in [2.05, 4.69) is 0 Å². The van der Waals surface area contributed by atoms with Gasteiger partial charge in [-0.1, -0.05) is 0 Å². The summed E-state index contributed by atoms with van der Waals surface area (Å²) in [4.78, 5) is 0. The first kappa shape index (κ1) is 5.69. The maximum absolute atomic E-state index is 5.81. The van der Waals surface area contributed by atoms with Gasteiger partial charge in [0, 0.05) is 13.2 Å². The van der Waals surface area contributed by atoms with Crippen molar-refractivity contribution in [2.24, 2.45) is 17.6 Å². The highest BCUT2D eigenvalue weighted by Crippen LogP contribution is 2.51. The number of ether oxygens (including phenoxy) is 1. The topological polar surface area (TPSA) is 35.2 Å². The van der Waals surface area contributed by atoms with Crippen LogP contribution < -0.4 is 5.73 Å². The van der Waals surface area contributed by atoms with Crippen molar-refractivity contribution in [1.82, 2.24) is 0 Å². The average Bonchev–Trinajstić information content (AvgIpc) is 2.56. The third-order valence-corrected chi connectivity index (χ3v) is 2.73. The largest absolute Gasteiger partial charge is 0.381 e. The van der Waals surface area contributed by atoms with Crippen LogP contribution in [0.5, 0.6) is 0 Å². The number of fused-ring (bicyclic) bond motifs is 1. The Hall–Kier alpha value is -0.0800. The van der Waals surface area contributed by atoms with Gasteiger partial charge in [0.1, 0.15) is 0 Å². The molecule has 0 spiro atoms. The van der Waals surface area contributed by atoms with Crippen molar-refractivity contribution in [2.75, 3.05) is 7.11 Å². The molecular weight excluding hydrogens is 114 g/mol. The summed E-state index contributed by atoms with van der Waals surface area (Å²) in [5.41, 5.74) is 5.81. The Kier molecular flexibility index (Phi) is 1.08. The standard InChI is InChI=1S/C7H13NO/c1-9-7-3-6(8)4-2-5(4)7/h4-7H,2-3,8H2,1H3. The summed E-state index contributed by atoms with van der Waals surface area (Å²) in [6.45, 7) is 0. The minimum absolute atomic E-state index is 0.444. The molecule has 2 fully saturated rings. The number of nitrogens with two attached hydrogens (primary N) is 1. The van der Waals surface area contributed by atoms with Crippen LogP contribution in [0, 0.1) is 11.8 Å². The van der Waals surface area contributed by atoms with Crippen LogP contribution >= 0.6 is 0 Å². The van der Waals surface area contributed by atoms with Gasteiger partial charge in [0.05, 0.1) is 6.10 Å². The number of hydrogen-bond acceptors (Lipinski definition) is 2. The SMILES string of the molecule is COC1CC(N)C2CC12. The second kappa shape index (κ2) is 1.70. The molecule has 4 unspecified atom stereocenters. The van der Waals surface area contributed by atoms with Crippen molar-refractivity contribution in [3.8, 4) is 0 Å². The summed E-state index contributed by atoms with van der Waals surface area (Å²) in [5, 5.41) is 0. The van der Waals surface area contributed by atoms with Gasteiger partial charge < -0.3 is 10.5 Å². The molecule has 0 amide bonds. The van der Waals surface area contributed by atoms with E-state index in [0.717, 1.165) is 18.3 Å². The molecule has 2 aliphatic rings. The van der Waals surface area contributed by atoms with Crippen LogP contribution in [0.3, 0.4) is 0 Å². The van der Waals surface area contributed by atoms with Crippen LogP contribution in [-0.4, -0.2) is 19.3 Å². The maximum Gasteiger partial charge on any atom is 0.0617 e. The van der Waals surface area contributed by atoms with Gasteiger partial charge >= 0.3 is 0 Å². The fourth-order valence-electron chi connectivity index (χ4n) is 2.04. The number of methoxy groups -OCH3 is 1. The second-order valence-electron chi connectivity index (χ2n) is 3.24. The Balaban J connectivity index is 2.00. The van der Waals surface area contributed by atoms with E-state index in [1.165, 1.54) is 6.42 Å². The lowest BCUT2D eigenvalue weighted by Crippen LogP contribution is -2.22. The van der Waals surface area contributed by atoms with Gasteiger partial charge in [-0.2, -0.15) is 0 Å². The van der Waals surface area contributed by atoms with E-state index in [1.807, 2.05) is 0 Å². The molecule has 0 aromatic carbocycles. The highest BCUT2D eigenvalue weighted by atomic mass is 16.5. The van der Waals surface area contributed by atoms with Gasteiger partial charge in [0.15, 0.2) is 0 Å². The molecule has 0 saturated heterocycles. The lowest BCUT2D eigenvalue weighted by molar-refractivity contribution is 0.0892. The molecule has 0 heterocycles. The van der Waals surface area contributed by atoms with Gasteiger partial charge in [0.25, 0.3) is 0 Å². The van der Waals surface area contributed by atoms with E-state index in [1.54, 1.807) is 7.11 Å². The Labute approximate surface area is 55.4 Å². The quantitative estimate of drug-likeness (QED) is 0.552. The molecule has 0 radical (unpaired) electrons. The maximum atomic E-state index is 5.81. The van der Waals surface area contributed by atoms with E-state index in [0.29, 0.717) is 12.1 Å². The molecule has 2 N–H and O–H groups in total. The fraction of sp³-hybridized carbons (Fsp3) is 1.00. The van der Waals surface area contributed by atoms with Crippen LogP contribution in [0.2, 0.25) is 0 Å². The highest BCUT2D eigenvalue weighted by Gasteiger charge is 2.53. The summed E-state index contributed by atoms with van der Waals surface area (Å²) in [7, 11) is 1.79. The second-order valence-corrected chi connectivity index (χ2v) is 3.24. The van der Waals surface area contributed by atoms with Crippen molar-refractivity contribution in [3.63, 3.8) is 0 Å². The first-order chi connectivity index (χ1) is 4.33. The summed E-state index contributed by atoms with van der Waals surface area (Å²) in [6, 6.07) is 0.444. The molecule has 2 rings (SSSR count). The molecule has 2 aliphatic carbocycles. The lowest BCUT2D eigenvalue weighted by Gasteiger charge is -2.10. The summed E-state index contributed by atoms with van der Waals surface area (Å²) in [5.74, 6) is 1.64. The molecular formula is C7H13NO. The zero-order valence-electron chi connectivity index (χ0n) is 5.71. The predicted octanol–water partition coefficient (Wildman–Crippen LogP) is 0.368. The molecule has 2 saturated carbocycles. The molecule has 0 bridgehead atoms. The first-order valence-electron chi connectivity index (χ1n) is 3.61. The molecule has 4 atom stereocenters. The van der Waals surface area contributed by atoms with Gasteiger partial charge in [-0.3, -0.25) is 0 Å².